The molecule has 12 aromatic rings. The molecule has 0 atom stereocenters. The summed E-state index contributed by atoms with van der Waals surface area (Å²) in [5.74, 6) is 0.728. The Hall–Kier alpha value is -6.40. The molecule has 0 aliphatic heterocycles. The van der Waals surface area contributed by atoms with Crippen molar-refractivity contribution in [2.75, 3.05) is 0 Å². The largest absolute Gasteiger partial charge is 0.307 e. The molecule has 53 heavy (non-hydrogen) atoms. The molecule has 0 saturated heterocycles. The summed E-state index contributed by atoms with van der Waals surface area (Å²) in [5.41, 5.74) is 7.61. The summed E-state index contributed by atoms with van der Waals surface area (Å²) in [6, 6.07) is 58.9. The maximum absolute atomic E-state index is 5.29. The molecular formula is C48H27N3S2. The lowest BCUT2D eigenvalue weighted by atomic mass is 10.0. The van der Waals surface area contributed by atoms with Crippen LogP contribution < -0.4 is 0 Å². The highest BCUT2D eigenvalue weighted by molar-refractivity contribution is 7.30. The average molecular weight is 710 g/mol. The lowest BCUT2D eigenvalue weighted by Crippen LogP contribution is -1.99. The zero-order valence-electron chi connectivity index (χ0n) is 28.2. The van der Waals surface area contributed by atoms with E-state index in [1.54, 1.807) is 0 Å². The molecule has 246 valence electrons. The highest BCUT2D eigenvalue weighted by atomic mass is 32.1. The lowest BCUT2D eigenvalue weighted by molar-refractivity contribution is 1.20. The van der Waals surface area contributed by atoms with Gasteiger partial charge in [-0.3, -0.25) is 0 Å². The summed E-state index contributed by atoms with van der Waals surface area (Å²) in [6.45, 7) is 0. The van der Waals surface area contributed by atoms with Crippen LogP contribution >= 0.6 is 22.7 Å². The highest BCUT2D eigenvalue weighted by Gasteiger charge is 2.25. The number of rotatable bonds is 3. The zero-order valence-corrected chi connectivity index (χ0v) is 29.9. The molecule has 0 unspecified atom stereocenters. The fraction of sp³-hybridized carbons (Fsp3) is 0. The monoisotopic (exact) mass is 709 g/mol. The number of hydrogen-bond donors (Lipinski definition) is 0. The van der Waals surface area contributed by atoms with Crippen LogP contribution in [0, 0.1) is 0 Å². The smallest absolute Gasteiger partial charge is 0.161 e. The van der Waals surface area contributed by atoms with Gasteiger partial charge in [-0.25, -0.2) is 9.97 Å². The van der Waals surface area contributed by atoms with E-state index in [1.165, 1.54) is 62.2 Å². The van der Waals surface area contributed by atoms with Crippen LogP contribution in [0.4, 0.5) is 0 Å². The molecule has 0 aliphatic rings. The van der Waals surface area contributed by atoms with Gasteiger partial charge in [-0.15, -0.1) is 22.7 Å². The number of fused-ring (bicyclic) bond motifs is 14. The SMILES string of the molecule is c1ccc(-c2nc(-c3ccc(-n4c5ccccc5c5c6c7ccccc7sc6c6c7ccccc7sc6c54)c4ccccc34)nc3ccccc23)cc1. The van der Waals surface area contributed by atoms with Crippen LogP contribution in [0.5, 0.6) is 0 Å². The van der Waals surface area contributed by atoms with Crippen molar-refractivity contribution >= 4 is 106 Å². The summed E-state index contributed by atoms with van der Waals surface area (Å²) in [6.07, 6.45) is 0. The van der Waals surface area contributed by atoms with E-state index in [0.29, 0.717) is 0 Å². The Bertz CT molecular complexity index is 3460. The van der Waals surface area contributed by atoms with Crippen LogP contribution in [0.1, 0.15) is 0 Å². The Kier molecular flexibility index (Phi) is 6.09. The first-order chi connectivity index (χ1) is 26.3. The molecule has 0 saturated carbocycles. The highest BCUT2D eigenvalue weighted by Crippen LogP contribution is 2.52. The molecule has 12 rings (SSSR count). The second-order valence-electron chi connectivity index (χ2n) is 13.6. The zero-order chi connectivity index (χ0) is 34.6. The Morgan fingerprint density at radius 2 is 1.02 bits per heavy atom. The van der Waals surface area contributed by atoms with E-state index >= 15 is 0 Å². The summed E-state index contributed by atoms with van der Waals surface area (Å²) in [4.78, 5) is 10.5. The third kappa shape index (κ3) is 4.09. The number of benzene rings is 8. The van der Waals surface area contributed by atoms with Gasteiger partial charge in [-0.05, 0) is 41.8 Å². The molecular weight excluding hydrogens is 683 g/mol. The number of hydrogen-bond acceptors (Lipinski definition) is 4. The Morgan fingerprint density at radius 3 is 1.81 bits per heavy atom. The van der Waals surface area contributed by atoms with Crippen molar-refractivity contribution in [2.24, 2.45) is 0 Å². The third-order valence-electron chi connectivity index (χ3n) is 10.8. The fourth-order valence-electron chi connectivity index (χ4n) is 8.55. The Balaban J connectivity index is 1.22. The van der Waals surface area contributed by atoms with Crippen molar-refractivity contribution in [1.29, 1.82) is 0 Å². The molecule has 0 aliphatic carbocycles. The molecule has 4 aromatic heterocycles. The maximum Gasteiger partial charge on any atom is 0.161 e. The molecule has 3 nitrogen and oxygen atoms in total. The van der Waals surface area contributed by atoms with Gasteiger partial charge >= 0.3 is 0 Å². The quantitative estimate of drug-likeness (QED) is 0.183. The van der Waals surface area contributed by atoms with E-state index in [1.807, 2.05) is 28.7 Å². The molecule has 5 heteroatoms. The number of thiophene rings is 2. The van der Waals surface area contributed by atoms with Gasteiger partial charge in [0.25, 0.3) is 0 Å². The van der Waals surface area contributed by atoms with Gasteiger partial charge < -0.3 is 4.57 Å². The molecule has 0 bridgehead atoms. The van der Waals surface area contributed by atoms with Crippen LogP contribution in [0.15, 0.2) is 164 Å². The first-order valence-corrected chi connectivity index (χ1v) is 19.5. The van der Waals surface area contributed by atoms with Crippen molar-refractivity contribution < 1.29 is 0 Å². The molecule has 8 aromatic carbocycles. The molecule has 4 heterocycles. The second kappa shape index (κ2) is 11.1. The van der Waals surface area contributed by atoms with Crippen molar-refractivity contribution in [3.63, 3.8) is 0 Å². The summed E-state index contributed by atoms with van der Waals surface area (Å²) >= 11 is 3.84. The predicted octanol–water partition coefficient (Wildman–Crippen LogP) is 13.9. The molecule has 0 N–H and O–H groups in total. The van der Waals surface area contributed by atoms with Crippen molar-refractivity contribution in [3.05, 3.63) is 164 Å². The lowest BCUT2D eigenvalue weighted by Gasteiger charge is -2.16. The number of para-hydroxylation sites is 2. The summed E-state index contributed by atoms with van der Waals surface area (Å²) in [7, 11) is 0. The standard InChI is InChI=1S/C48H27N3S2/c1-2-14-28(15-3-1)44-32-18-6-10-22-36(32)49-48(50-44)31-26-27-38(30-17-5-4-16-29(30)31)51-37-23-11-7-19-33(37)41-42-34-20-8-12-24-39(34)52-46(42)43-35-21-9-13-25-40(35)53-47(43)45(41)51/h1-27H. The topological polar surface area (TPSA) is 30.7 Å². The average Bonchev–Trinajstić information content (AvgIpc) is 3.90. The summed E-state index contributed by atoms with van der Waals surface area (Å²) < 4.78 is 7.88. The maximum atomic E-state index is 5.29. The van der Waals surface area contributed by atoms with Crippen LogP contribution in [0.2, 0.25) is 0 Å². The van der Waals surface area contributed by atoms with Gasteiger partial charge in [0.05, 0.1) is 32.6 Å². The van der Waals surface area contributed by atoms with Gasteiger partial charge in [0.2, 0.25) is 0 Å². The van der Waals surface area contributed by atoms with E-state index in [4.69, 9.17) is 9.97 Å². The minimum Gasteiger partial charge on any atom is -0.307 e. The van der Waals surface area contributed by atoms with Gasteiger partial charge in [0.1, 0.15) is 0 Å². The molecule has 0 amide bonds. The normalized spacial score (nSPS) is 12.2. The first-order valence-electron chi connectivity index (χ1n) is 17.8. The second-order valence-corrected chi connectivity index (χ2v) is 15.7. The van der Waals surface area contributed by atoms with Gasteiger partial charge in [0.15, 0.2) is 5.82 Å². The Labute approximate surface area is 311 Å². The predicted molar refractivity (Wildman–Crippen MR) is 228 cm³/mol. The minimum absolute atomic E-state index is 0.728. The number of aromatic nitrogens is 3. The van der Waals surface area contributed by atoms with Gasteiger partial charge in [0, 0.05) is 68.3 Å². The van der Waals surface area contributed by atoms with E-state index < -0.39 is 0 Å². The van der Waals surface area contributed by atoms with Crippen LogP contribution in [0.25, 0.3) is 112 Å². The minimum atomic E-state index is 0.728. The van der Waals surface area contributed by atoms with E-state index in [0.717, 1.165) is 50.0 Å². The van der Waals surface area contributed by atoms with Gasteiger partial charge in [-0.2, -0.15) is 0 Å². The summed E-state index contributed by atoms with van der Waals surface area (Å²) in [5, 5.41) is 11.3. The molecule has 0 fully saturated rings. The van der Waals surface area contributed by atoms with Crippen molar-refractivity contribution in [3.8, 4) is 28.3 Å². The fourth-order valence-corrected chi connectivity index (χ4v) is 11.1. The van der Waals surface area contributed by atoms with Crippen molar-refractivity contribution in [1.82, 2.24) is 14.5 Å². The molecule has 0 spiro atoms. The van der Waals surface area contributed by atoms with Gasteiger partial charge in [-0.1, -0.05) is 127 Å². The van der Waals surface area contributed by atoms with E-state index in [9.17, 15) is 0 Å². The van der Waals surface area contributed by atoms with Crippen LogP contribution in [0.3, 0.4) is 0 Å². The van der Waals surface area contributed by atoms with Crippen LogP contribution in [-0.2, 0) is 0 Å². The first kappa shape index (κ1) is 29.2. The number of nitrogens with zero attached hydrogens (tertiary/aromatic N) is 3. The van der Waals surface area contributed by atoms with Crippen LogP contribution in [-0.4, -0.2) is 14.5 Å². The third-order valence-corrected chi connectivity index (χ3v) is 13.2. The van der Waals surface area contributed by atoms with E-state index in [2.05, 4.69) is 162 Å². The Morgan fingerprint density at radius 1 is 0.415 bits per heavy atom. The van der Waals surface area contributed by atoms with Crippen molar-refractivity contribution in [2.45, 2.75) is 0 Å². The molecule has 0 radical (unpaired) electrons. The van der Waals surface area contributed by atoms with E-state index in [-0.39, 0.29) is 0 Å².